The van der Waals surface area contributed by atoms with E-state index in [2.05, 4.69) is 0 Å². The lowest BCUT2D eigenvalue weighted by Gasteiger charge is -2.23. The minimum Gasteiger partial charge on any atom is -0.389 e. The summed E-state index contributed by atoms with van der Waals surface area (Å²) in [5, 5.41) is 28.5. The number of rotatable bonds is 2. The van der Waals surface area contributed by atoms with Crippen molar-refractivity contribution in [3.05, 3.63) is 29.6 Å². The van der Waals surface area contributed by atoms with Gasteiger partial charge in [-0.1, -0.05) is 6.07 Å². The zero-order valence-corrected chi connectivity index (χ0v) is 9.55. The van der Waals surface area contributed by atoms with Gasteiger partial charge in [-0.25, -0.2) is 4.39 Å². The van der Waals surface area contributed by atoms with Crippen LogP contribution in [-0.4, -0.2) is 40.6 Å². The van der Waals surface area contributed by atoms with E-state index in [9.17, 15) is 19.7 Å². The first kappa shape index (κ1) is 12.3. The van der Waals surface area contributed by atoms with Crippen molar-refractivity contribution in [3.8, 4) is 0 Å². The van der Waals surface area contributed by atoms with Gasteiger partial charge >= 0.3 is 0 Å². The van der Waals surface area contributed by atoms with Crippen LogP contribution < -0.4 is 4.90 Å². The summed E-state index contributed by atoms with van der Waals surface area (Å²) in [5.41, 5.74) is 0.726. The van der Waals surface area contributed by atoms with Gasteiger partial charge in [-0.3, -0.25) is 0 Å². The van der Waals surface area contributed by atoms with Crippen molar-refractivity contribution in [1.82, 2.24) is 0 Å². The van der Waals surface area contributed by atoms with Crippen molar-refractivity contribution < 1.29 is 19.7 Å². The maximum atomic E-state index is 13.6. The Balaban J connectivity index is 2.36. The van der Waals surface area contributed by atoms with E-state index in [0.29, 0.717) is 5.69 Å². The molecule has 0 amide bonds. The van der Waals surface area contributed by atoms with Crippen LogP contribution in [0.1, 0.15) is 18.6 Å². The van der Waals surface area contributed by atoms with Crippen LogP contribution in [-0.2, 0) is 0 Å². The van der Waals surface area contributed by atoms with E-state index in [1.165, 1.54) is 13.0 Å². The molecule has 3 N–H and O–H groups in total. The molecule has 0 spiro atoms. The molecule has 1 aromatic rings. The molecule has 4 nitrogen and oxygen atoms in total. The number of benzene rings is 1. The first-order chi connectivity index (χ1) is 8.00. The number of anilines is 1. The van der Waals surface area contributed by atoms with Crippen LogP contribution >= 0.6 is 0 Å². The molecule has 2 unspecified atom stereocenters. The molecule has 5 heteroatoms. The molecule has 1 fully saturated rings. The van der Waals surface area contributed by atoms with Gasteiger partial charge in [-0.2, -0.15) is 0 Å². The van der Waals surface area contributed by atoms with Gasteiger partial charge in [-0.05, 0) is 19.1 Å². The van der Waals surface area contributed by atoms with Crippen LogP contribution in [0.4, 0.5) is 10.1 Å². The van der Waals surface area contributed by atoms with E-state index < -0.39 is 24.1 Å². The zero-order valence-electron chi connectivity index (χ0n) is 9.55. The van der Waals surface area contributed by atoms with E-state index in [1.54, 1.807) is 17.0 Å². The molecule has 1 saturated heterocycles. The highest BCUT2D eigenvalue weighted by atomic mass is 19.1. The second kappa shape index (κ2) is 4.60. The van der Waals surface area contributed by atoms with Crippen LogP contribution in [0.5, 0.6) is 0 Å². The smallest absolute Gasteiger partial charge is 0.131 e. The summed E-state index contributed by atoms with van der Waals surface area (Å²) in [6.45, 7) is 1.97. The molecule has 1 aromatic carbocycles. The maximum absolute atomic E-state index is 13.6. The molecule has 0 bridgehead atoms. The Morgan fingerprint density at radius 2 is 1.88 bits per heavy atom. The number of halogens is 1. The van der Waals surface area contributed by atoms with Crippen molar-refractivity contribution in [1.29, 1.82) is 0 Å². The largest absolute Gasteiger partial charge is 0.389 e. The third-order valence-corrected chi connectivity index (χ3v) is 3.05. The van der Waals surface area contributed by atoms with Crippen LogP contribution in [0.3, 0.4) is 0 Å². The Bertz CT molecular complexity index is 401. The van der Waals surface area contributed by atoms with Crippen LogP contribution in [0, 0.1) is 5.82 Å². The second-order valence-corrected chi connectivity index (χ2v) is 4.39. The molecule has 1 heterocycles. The van der Waals surface area contributed by atoms with Crippen LogP contribution in [0.15, 0.2) is 18.2 Å². The molecule has 0 saturated carbocycles. The summed E-state index contributed by atoms with van der Waals surface area (Å²) in [6, 6.07) is 4.51. The molecule has 0 radical (unpaired) electrons. The Hall–Kier alpha value is -1.17. The molecule has 94 valence electrons. The first-order valence-electron chi connectivity index (χ1n) is 5.58. The topological polar surface area (TPSA) is 63.9 Å². The Labute approximate surface area is 98.9 Å². The molecule has 17 heavy (non-hydrogen) atoms. The van der Waals surface area contributed by atoms with Gasteiger partial charge in [0.1, 0.15) is 5.82 Å². The monoisotopic (exact) mass is 241 g/mol. The summed E-state index contributed by atoms with van der Waals surface area (Å²) in [7, 11) is 0. The molecular formula is C12H16FNO3. The van der Waals surface area contributed by atoms with E-state index in [-0.39, 0.29) is 18.7 Å². The summed E-state index contributed by atoms with van der Waals surface area (Å²) in [4.78, 5) is 1.68. The Kier molecular flexibility index (Phi) is 3.33. The minimum atomic E-state index is -0.930. The third kappa shape index (κ3) is 2.26. The van der Waals surface area contributed by atoms with Gasteiger partial charge in [-0.15, -0.1) is 0 Å². The normalized spacial score (nSPS) is 26.3. The van der Waals surface area contributed by atoms with E-state index in [1.807, 2.05) is 0 Å². The average molecular weight is 241 g/mol. The van der Waals surface area contributed by atoms with Gasteiger partial charge in [0.15, 0.2) is 0 Å². The summed E-state index contributed by atoms with van der Waals surface area (Å²) in [5.74, 6) is -0.478. The molecule has 1 aliphatic rings. The highest BCUT2D eigenvalue weighted by Crippen LogP contribution is 2.31. The minimum absolute atomic E-state index is 0.203. The van der Waals surface area contributed by atoms with Crippen LogP contribution in [0.25, 0.3) is 0 Å². The molecular weight excluding hydrogens is 225 g/mol. The highest BCUT2D eigenvalue weighted by molar-refractivity contribution is 5.56. The quantitative estimate of drug-likeness (QED) is 0.702. The van der Waals surface area contributed by atoms with E-state index in [0.717, 1.165) is 0 Å². The first-order valence-corrected chi connectivity index (χ1v) is 5.58. The number of aliphatic hydroxyl groups excluding tert-OH is 3. The number of aliphatic hydroxyl groups is 3. The van der Waals surface area contributed by atoms with Crippen molar-refractivity contribution in [2.45, 2.75) is 25.2 Å². The fourth-order valence-corrected chi connectivity index (χ4v) is 2.18. The number of hydrogen-bond acceptors (Lipinski definition) is 4. The van der Waals surface area contributed by atoms with Crippen LogP contribution in [0.2, 0.25) is 0 Å². The molecule has 0 aromatic heterocycles. The van der Waals surface area contributed by atoms with Crippen molar-refractivity contribution in [3.63, 3.8) is 0 Å². The van der Waals surface area contributed by atoms with Crippen molar-refractivity contribution in [2.24, 2.45) is 0 Å². The zero-order chi connectivity index (χ0) is 12.6. The van der Waals surface area contributed by atoms with E-state index in [4.69, 9.17) is 0 Å². The van der Waals surface area contributed by atoms with Crippen molar-refractivity contribution >= 4 is 5.69 Å². The van der Waals surface area contributed by atoms with Gasteiger partial charge in [0, 0.05) is 24.3 Å². The number of hydrogen-bond donors (Lipinski definition) is 3. The summed E-state index contributed by atoms with van der Waals surface area (Å²) < 4.78 is 13.6. The summed E-state index contributed by atoms with van der Waals surface area (Å²) in [6.07, 6.45) is -2.60. The Morgan fingerprint density at radius 1 is 1.29 bits per heavy atom. The van der Waals surface area contributed by atoms with Gasteiger partial charge in [0.25, 0.3) is 0 Å². The summed E-state index contributed by atoms with van der Waals surface area (Å²) >= 11 is 0. The third-order valence-electron chi connectivity index (χ3n) is 3.05. The highest BCUT2D eigenvalue weighted by Gasteiger charge is 2.31. The van der Waals surface area contributed by atoms with Gasteiger partial charge < -0.3 is 20.2 Å². The van der Waals surface area contributed by atoms with Crippen molar-refractivity contribution in [2.75, 3.05) is 18.0 Å². The molecule has 2 rings (SSSR count). The molecule has 0 aliphatic carbocycles. The standard InChI is InChI=1S/C12H16FNO3/c1-7(15)12-8(13)3-2-4-9(12)14-5-10(16)11(17)6-14/h2-4,7,10-11,15-17H,5-6H2,1H3/t7-,10?,11?/m0/s1. The SMILES string of the molecule is C[C@H](O)c1c(F)cccc1N1CC(O)C(O)C1. The van der Waals surface area contributed by atoms with Gasteiger partial charge in [0.05, 0.1) is 18.3 Å². The average Bonchev–Trinajstić information content (AvgIpc) is 2.58. The predicted molar refractivity (Wildman–Crippen MR) is 61.3 cm³/mol. The predicted octanol–water partition coefficient (Wildman–Crippen LogP) is 0.421. The maximum Gasteiger partial charge on any atom is 0.131 e. The molecule has 3 atom stereocenters. The molecule has 1 aliphatic heterocycles. The number of β-amino-alcohol motifs (C(OH)–C–C–N with tert-alkyl or cyclic N) is 2. The fraction of sp³-hybridized carbons (Fsp3) is 0.500. The second-order valence-electron chi connectivity index (χ2n) is 4.39. The fourth-order valence-electron chi connectivity index (χ4n) is 2.18. The van der Waals surface area contributed by atoms with Gasteiger partial charge in [0.2, 0.25) is 0 Å². The number of nitrogens with zero attached hydrogens (tertiary/aromatic N) is 1. The van der Waals surface area contributed by atoms with E-state index >= 15 is 0 Å². The Morgan fingerprint density at radius 3 is 2.41 bits per heavy atom. The lowest BCUT2D eigenvalue weighted by atomic mass is 10.1. The lowest BCUT2D eigenvalue weighted by molar-refractivity contribution is 0.0572. The lowest BCUT2D eigenvalue weighted by Crippen LogP contribution is -2.23.